The number of carbonyl (C=O) groups is 3. The number of primary amides is 1. The maximum absolute atomic E-state index is 12.3. The van der Waals surface area contributed by atoms with Crippen molar-refractivity contribution in [2.45, 2.75) is 18.9 Å². The van der Waals surface area contributed by atoms with Gasteiger partial charge in [-0.05, 0) is 12.0 Å². The highest BCUT2D eigenvalue weighted by molar-refractivity contribution is 5.91. The van der Waals surface area contributed by atoms with E-state index in [1.807, 2.05) is 18.2 Å². The predicted molar refractivity (Wildman–Crippen MR) is 72.3 cm³/mol. The highest BCUT2D eigenvalue weighted by Gasteiger charge is 2.33. The van der Waals surface area contributed by atoms with Crippen LogP contribution in [-0.2, 0) is 14.4 Å². The largest absolute Gasteiger partial charge is 0.368 e. The molecule has 20 heavy (non-hydrogen) atoms. The van der Waals surface area contributed by atoms with Gasteiger partial charge >= 0.3 is 0 Å². The number of nitrogens with one attached hydrogen (secondary N) is 1. The number of amides is 3. The minimum absolute atomic E-state index is 0.0481. The lowest BCUT2D eigenvalue weighted by Gasteiger charge is -2.27. The number of carbonyl (C=O) groups excluding carboxylic acids is 3. The number of rotatable bonds is 5. The van der Waals surface area contributed by atoms with Gasteiger partial charge in [0.15, 0.2) is 0 Å². The maximum Gasteiger partial charge on any atom is 0.247 e. The summed E-state index contributed by atoms with van der Waals surface area (Å²) >= 11 is 0. The van der Waals surface area contributed by atoms with E-state index in [1.54, 1.807) is 17.0 Å². The average molecular weight is 275 g/mol. The minimum Gasteiger partial charge on any atom is -0.368 e. The molecule has 2 rings (SSSR count). The number of nitrogens with zero attached hydrogens (tertiary/aromatic N) is 1. The molecule has 1 heterocycles. The summed E-state index contributed by atoms with van der Waals surface area (Å²) < 4.78 is 0. The van der Waals surface area contributed by atoms with Crippen LogP contribution < -0.4 is 11.1 Å². The SMILES string of the molecule is NC(=O)CNC(=O)C(c1ccccc1)N1CCCC1=O. The number of benzene rings is 1. The van der Waals surface area contributed by atoms with E-state index < -0.39 is 11.9 Å². The lowest BCUT2D eigenvalue weighted by Crippen LogP contribution is -2.43. The molecular formula is C14H17N3O3. The second-order valence-corrected chi connectivity index (χ2v) is 4.69. The van der Waals surface area contributed by atoms with Gasteiger partial charge in [-0.15, -0.1) is 0 Å². The van der Waals surface area contributed by atoms with Crippen LogP contribution in [0.1, 0.15) is 24.4 Å². The third kappa shape index (κ3) is 3.14. The molecule has 1 unspecified atom stereocenters. The Kier molecular flexibility index (Phi) is 4.34. The van der Waals surface area contributed by atoms with Crippen LogP contribution in [0.3, 0.4) is 0 Å². The van der Waals surface area contributed by atoms with E-state index in [0.29, 0.717) is 13.0 Å². The molecule has 0 spiro atoms. The van der Waals surface area contributed by atoms with E-state index in [1.165, 1.54) is 0 Å². The Labute approximate surface area is 116 Å². The van der Waals surface area contributed by atoms with Crippen LogP contribution in [0.15, 0.2) is 30.3 Å². The third-order valence-electron chi connectivity index (χ3n) is 3.22. The van der Waals surface area contributed by atoms with Crippen molar-refractivity contribution in [3.05, 3.63) is 35.9 Å². The van der Waals surface area contributed by atoms with Gasteiger partial charge in [0.2, 0.25) is 17.7 Å². The number of hydrogen-bond acceptors (Lipinski definition) is 3. The zero-order chi connectivity index (χ0) is 14.5. The van der Waals surface area contributed by atoms with Gasteiger partial charge < -0.3 is 16.0 Å². The Morgan fingerprint density at radius 3 is 2.55 bits per heavy atom. The van der Waals surface area contributed by atoms with Crippen LogP contribution in [0.25, 0.3) is 0 Å². The first-order chi connectivity index (χ1) is 9.59. The summed E-state index contributed by atoms with van der Waals surface area (Å²) in [5, 5.41) is 2.47. The summed E-state index contributed by atoms with van der Waals surface area (Å²) in [6.07, 6.45) is 1.19. The van der Waals surface area contributed by atoms with E-state index in [-0.39, 0.29) is 18.4 Å². The Balaban J connectivity index is 2.22. The first kappa shape index (κ1) is 14.0. The van der Waals surface area contributed by atoms with Crippen molar-refractivity contribution in [2.75, 3.05) is 13.1 Å². The molecule has 0 radical (unpaired) electrons. The molecule has 0 aromatic heterocycles. The number of likely N-dealkylation sites (tertiary alicyclic amines) is 1. The van der Waals surface area contributed by atoms with Crippen LogP contribution in [0.5, 0.6) is 0 Å². The molecule has 1 aliphatic rings. The van der Waals surface area contributed by atoms with Crippen molar-refractivity contribution < 1.29 is 14.4 Å². The van der Waals surface area contributed by atoms with Crippen LogP contribution in [-0.4, -0.2) is 35.7 Å². The lowest BCUT2D eigenvalue weighted by molar-refractivity contribution is -0.138. The molecule has 1 aromatic carbocycles. The Morgan fingerprint density at radius 1 is 1.30 bits per heavy atom. The first-order valence-corrected chi connectivity index (χ1v) is 6.50. The molecule has 0 aliphatic carbocycles. The summed E-state index contributed by atoms with van der Waals surface area (Å²) in [5.41, 5.74) is 5.75. The quantitative estimate of drug-likeness (QED) is 0.789. The van der Waals surface area contributed by atoms with E-state index >= 15 is 0 Å². The van der Waals surface area contributed by atoms with Gasteiger partial charge in [-0.2, -0.15) is 0 Å². The molecule has 3 amide bonds. The van der Waals surface area contributed by atoms with Crippen LogP contribution in [0, 0.1) is 0 Å². The molecule has 1 atom stereocenters. The van der Waals surface area contributed by atoms with Gasteiger partial charge in [-0.1, -0.05) is 30.3 Å². The van der Waals surface area contributed by atoms with Gasteiger partial charge in [-0.25, -0.2) is 0 Å². The molecule has 0 saturated carbocycles. The van der Waals surface area contributed by atoms with Crippen molar-refractivity contribution in [3.8, 4) is 0 Å². The molecule has 1 saturated heterocycles. The smallest absolute Gasteiger partial charge is 0.247 e. The maximum atomic E-state index is 12.3. The van der Waals surface area contributed by atoms with Gasteiger partial charge in [0.25, 0.3) is 0 Å². The van der Waals surface area contributed by atoms with Gasteiger partial charge in [0, 0.05) is 13.0 Å². The Bertz CT molecular complexity index is 516. The Morgan fingerprint density at radius 2 is 2.00 bits per heavy atom. The third-order valence-corrected chi connectivity index (χ3v) is 3.22. The molecule has 1 aromatic rings. The van der Waals surface area contributed by atoms with Crippen LogP contribution >= 0.6 is 0 Å². The van der Waals surface area contributed by atoms with E-state index in [2.05, 4.69) is 5.32 Å². The normalized spacial score (nSPS) is 16.0. The Hall–Kier alpha value is -2.37. The highest BCUT2D eigenvalue weighted by Crippen LogP contribution is 2.26. The summed E-state index contributed by atoms with van der Waals surface area (Å²) in [7, 11) is 0. The molecule has 3 N–H and O–H groups in total. The molecular weight excluding hydrogens is 258 g/mol. The number of nitrogens with two attached hydrogens (primary N) is 1. The topological polar surface area (TPSA) is 92.5 Å². The molecule has 0 bridgehead atoms. The zero-order valence-corrected chi connectivity index (χ0v) is 11.0. The second kappa shape index (κ2) is 6.18. The summed E-state index contributed by atoms with van der Waals surface area (Å²) in [5.74, 6) is -1.05. The first-order valence-electron chi connectivity index (χ1n) is 6.50. The highest BCUT2D eigenvalue weighted by atomic mass is 16.2. The van der Waals surface area contributed by atoms with Gasteiger partial charge in [0.1, 0.15) is 6.04 Å². The van der Waals surface area contributed by atoms with E-state index in [0.717, 1.165) is 12.0 Å². The van der Waals surface area contributed by atoms with Crippen molar-refractivity contribution in [2.24, 2.45) is 5.73 Å². The zero-order valence-electron chi connectivity index (χ0n) is 11.0. The monoisotopic (exact) mass is 275 g/mol. The number of hydrogen-bond donors (Lipinski definition) is 2. The summed E-state index contributed by atoms with van der Waals surface area (Å²) in [6, 6.07) is 8.34. The van der Waals surface area contributed by atoms with Crippen LogP contribution in [0.2, 0.25) is 0 Å². The molecule has 6 heteroatoms. The predicted octanol–water partition coefficient (Wildman–Crippen LogP) is -0.0484. The van der Waals surface area contributed by atoms with E-state index in [4.69, 9.17) is 5.73 Å². The van der Waals surface area contributed by atoms with Crippen molar-refractivity contribution in [3.63, 3.8) is 0 Å². The molecule has 1 fully saturated rings. The van der Waals surface area contributed by atoms with Gasteiger partial charge in [0.05, 0.1) is 6.54 Å². The van der Waals surface area contributed by atoms with E-state index in [9.17, 15) is 14.4 Å². The fraction of sp³-hybridized carbons (Fsp3) is 0.357. The van der Waals surface area contributed by atoms with Gasteiger partial charge in [-0.3, -0.25) is 14.4 Å². The standard InChI is InChI=1S/C14H17N3O3/c15-11(18)9-16-14(20)13(10-5-2-1-3-6-10)17-8-4-7-12(17)19/h1-3,5-6,13H,4,7-9H2,(H2,15,18)(H,16,20). The fourth-order valence-electron chi connectivity index (χ4n) is 2.32. The van der Waals surface area contributed by atoms with Crippen molar-refractivity contribution in [1.29, 1.82) is 0 Å². The molecule has 6 nitrogen and oxygen atoms in total. The van der Waals surface area contributed by atoms with Crippen molar-refractivity contribution >= 4 is 17.7 Å². The summed E-state index contributed by atoms with van der Waals surface area (Å²) in [6.45, 7) is 0.312. The fourth-order valence-corrected chi connectivity index (χ4v) is 2.32. The summed E-state index contributed by atoms with van der Waals surface area (Å²) in [4.78, 5) is 36.5. The van der Waals surface area contributed by atoms with Crippen molar-refractivity contribution in [1.82, 2.24) is 10.2 Å². The molecule has 106 valence electrons. The second-order valence-electron chi connectivity index (χ2n) is 4.69. The van der Waals surface area contributed by atoms with Crippen LogP contribution in [0.4, 0.5) is 0 Å². The lowest BCUT2D eigenvalue weighted by atomic mass is 10.0. The average Bonchev–Trinajstić information content (AvgIpc) is 2.84. The minimum atomic E-state index is -0.703. The molecule has 1 aliphatic heterocycles.